The number of carbonyl (C=O) groups is 1. The topological polar surface area (TPSA) is 50.4 Å². The summed E-state index contributed by atoms with van der Waals surface area (Å²) in [5, 5.41) is 0.882. The van der Waals surface area contributed by atoms with Crippen molar-refractivity contribution >= 4 is 33.0 Å². The van der Waals surface area contributed by atoms with Crippen LogP contribution in [0.2, 0.25) is 0 Å². The number of hydrogen-bond acceptors (Lipinski definition) is 4. The van der Waals surface area contributed by atoms with Crippen molar-refractivity contribution in [2.75, 3.05) is 12.5 Å². The molecule has 4 nitrogen and oxygen atoms in total. The van der Waals surface area contributed by atoms with Crippen LogP contribution in [0.5, 0.6) is 5.75 Å². The summed E-state index contributed by atoms with van der Waals surface area (Å²) in [5.74, 6) is -1.17. The molecule has 3 rings (SSSR count). The molecule has 0 saturated carbocycles. The molecule has 0 radical (unpaired) electrons. The maximum absolute atomic E-state index is 13.5. The van der Waals surface area contributed by atoms with Crippen molar-refractivity contribution in [3.05, 3.63) is 59.0 Å². The summed E-state index contributed by atoms with van der Waals surface area (Å²) in [4.78, 5) is 12.6. The first kappa shape index (κ1) is 15.2. The third kappa shape index (κ3) is 3.24. The van der Waals surface area contributed by atoms with Gasteiger partial charge in [-0.15, -0.1) is 11.3 Å². The Morgan fingerprint density at radius 1 is 1.13 bits per heavy atom. The summed E-state index contributed by atoms with van der Waals surface area (Å²) in [7, 11) is 1.57. The number of thiophene rings is 1. The smallest absolute Gasteiger partial charge is 0.279 e. The zero-order chi connectivity index (χ0) is 16.4. The van der Waals surface area contributed by atoms with E-state index < -0.39 is 17.5 Å². The molecule has 0 unspecified atom stereocenters. The lowest BCUT2D eigenvalue weighted by atomic mass is 10.2. The summed E-state index contributed by atoms with van der Waals surface area (Å²) >= 11 is 1.31. The van der Waals surface area contributed by atoms with E-state index in [2.05, 4.69) is 10.9 Å². The van der Waals surface area contributed by atoms with Gasteiger partial charge in [-0.1, -0.05) is 0 Å². The first-order valence-electron chi connectivity index (χ1n) is 6.66. The second kappa shape index (κ2) is 6.21. The van der Waals surface area contributed by atoms with Gasteiger partial charge in [0.15, 0.2) is 5.82 Å². The maximum atomic E-state index is 13.5. The molecule has 0 fully saturated rings. The Balaban J connectivity index is 1.75. The molecule has 0 saturated heterocycles. The summed E-state index contributed by atoms with van der Waals surface area (Å²) in [5.41, 5.74) is 4.83. The Morgan fingerprint density at radius 2 is 1.96 bits per heavy atom. The lowest BCUT2D eigenvalue weighted by Crippen LogP contribution is -2.29. The van der Waals surface area contributed by atoms with E-state index in [1.807, 2.05) is 18.2 Å². The molecule has 118 valence electrons. The summed E-state index contributed by atoms with van der Waals surface area (Å²) in [6.07, 6.45) is 0. The van der Waals surface area contributed by atoms with Gasteiger partial charge in [-0.25, -0.2) is 8.78 Å². The molecule has 0 aliphatic carbocycles. The van der Waals surface area contributed by atoms with Crippen molar-refractivity contribution in [3.8, 4) is 5.75 Å². The highest BCUT2D eigenvalue weighted by Crippen LogP contribution is 2.28. The van der Waals surface area contributed by atoms with E-state index in [0.29, 0.717) is 10.6 Å². The molecule has 23 heavy (non-hydrogen) atoms. The molecule has 3 aromatic rings. The van der Waals surface area contributed by atoms with Crippen LogP contribution in [0.25, 0.3) is 10.1 Å². The van der Waals surface area contributed by atoms with Gasteiger partial charge in [0.05, 0.1) is 17.7 Å². The first-order valence-corrected chi connectivity index (χ1v) is 7.47. The number of halogens is 2. The number of hydrazine groups is 1. The van der Waals surface area contributed by atoms with Gasteiger partial charge >= 0.3 is 0 Å². The quantitative estimate of drug-likeness (QED) is 0.711. The number of carbonyl (C=O) groups excluding carboxylic acids is 1. The molecule has 0 aliphatic heterocycles. The Labute approximate surface area is 134 Å². The molecule has 0 bridgehead atoms. The van der Waals surface area contributed by atoms with E-state index in [1.165, 1.54) is 17.4 Å². The van der Waals surface area contributed by atoms with Crippen LogP contribution in [0.1, 0.15) is 9.67 Å². The fraction of sp³-hybridized carbons (Fsp3) is 0.0625. The minimum atomic E-state index is -0.786. The average Bonchev–Trinajstić information content (AvgIpc) is 2.96. The van der Waals surface area contributed by atoms with E-state index in [4.69, 9.17) is 4.74 Å². The second-order valence-corrected chi connectivity index (χ2v) is 5.80. The SMILES string of the molecule is COc1ccc2sc(C(=O)NNc3ccc(F)cc3F)cc2c1. The van der Waals surface area contributed by atoms with Gasteiger partial charge in [-0.05, 0) is 41.8 Å². The zero-order valence-corrected chi connectivity index (χ0v) is 12.8. The molecule has 2 aromatic carbocycles. The largest absolute Gasteiger partial charge is 0.497 e. The lowest BCUT2D eigenvalue weighted by Gasteiger charge is -2.08. The highest BCUT2D eigenvalue weighted by atomic mass is 32.1. The molecule has 0 atom stereocenters. The number of benzene rings is 2. The van der Waals surface area contributed by atoms with E-state index in [9.17, 15) is 13.6 Å². The number of methoxy groups -OCH3 is 1. The Hall–Kier alpha value is -2.67. The van der Waals surface area contributed by atoms with E-state index in [1.54, 1.807) is 13.2 Å². The molecule has 0 aliphatic rings. The maximum Gasteiger partial charge on any atom is 0.279 e. The van der Waals surface area contributed by atoms with Crippen LogP contribution in [-0.4, -0.2) is 13.0 Å². The van der Waals surface area contributed by atoms with Gasteiger partial charge in [0.2, 0.25) is 0 Å². The molecular formula is C16H12F2N2O2S. The fourth-order valence-electron chi connectivity index (χ4n) is 2.04. The Morgan fingerprint density at radius 3 is 2.70 bits per heavy atom. The fourth-order valence-corrected chi connectivity index (χ4v) is 2.98. The summed E-state index contributed by atoms with van der Waals surface area (Å²) in [6.45, 7) is 0. The predicted octanol–water partition coefficient (Wildman–Crippen LogP) is 3.95. The van der Waals surface area contributed by atoms with Crippen LogP contribution in [0, 0.1) is 11.6 Å². The summed E-state index contributed by atoms with van der Waals surface area (Å²) < 4.78 is 32.4. The molecule has 2 N–H and O–H groups in total. The highest BCUT2D eigenvalue weighted by molar-refractivity contribution is 7.20. The van der Waals surface area contributed by atoms with Crippen LogP contribution in [0.4, 0.5) is 14.5 Å². The van der Waals surface area contributed by atoms with Crippen LogP contribution < -0.4 is 15.6 Å². The van der Waals surface area contributed by atoms with Gasteiger partial charge in [0, 0.05) is 10.8 Å². The molecule has 0 spiro atoms. The van der Waals surface area contributed by atoms with E-state index >= 15 is 0 Å². The zero-order valence-electron chi connectivity index (χ0n) is 12.0. The second-order valence-electron chi connectivity index (χ2n) is 4.72. The van der Waals surface area contributed by atoms with Crippen molar-refractivity contribution < 1.29 is 18.3 Å². The van der Waals surface area contributed by atoms with Crippen LogP contribution in [0.15, 0.2) is 42.5 Å². The van der Waals surface area contributed by atoms with Crippen molar-refractivity contribution in [3.63, 3.8) is 0 Å². The number of rotatable bonds is 4. The minimum Gasteiger partial charge on any atom is -0.497 e. The van der Waals surface area contributed by atoms with Crippen molar-refractivity contribution in [1.29, 1.82) is 0 Å². The predicted molar refractivity (Wildman–Crippen MR) is 85.8 cm³/mol. The van der Waals surface area contributed by atoms with Gasteiger partial charge in [-0.2, -0.15) is 0 Å². The van der Waals surface area contributed by atoms with Crippen molar-refractivity contribution in [2.24, 2.45) is 0 Å². The molecular weight excluding hydrogens is 322 g/mol. The number of anilines is 1. The number of fused-ring (bicyclic) bond motifs is 1. The summed E-state index contributed by atoms with van der Waals surface area (Å²) in [6, 6.07) is 10.3. The Bertz CT molecular complexity index is 880. The normalized spacial score (nSPS) is 10.6. The van der Waals surface area contributed by atoms with E-state index in [-0.39, 0.29) is 5.69 Å². The third-order valence-electron chi connectivity index (χ3n) is 3.19. The van der Waals surface area contributed by atoms with Crippen LogP contribution >= 0.6 is 11.3 Å². The molecule has 1 heterocycles. The van der Waals surface area contributed by atoms with Gasteiger partial charge in [-0.3, -0.25) is 15.6 Å². The minimum absolute atomic E-state index is 0.0115. The molecule has 7 heteroatoms. The van der Waals surface area contributed by atoms with Crippen LogP contribution in [-0.2, 0) is 0 Å². The number of nitrogens with one attached hydrogen (secondary N) is 2. The van der Waals surface area contributed by atoms with Crippen molar-refractivity contribution in [2.45, 2.75) is 0 Å². The standard InChI is InChI=1S/C16H12F2N2O2S/c1-22-11-3-5-14-9(6-11)7-15(23-14)16(21)20-19-13-4-2-10(17)8-12(13)18/h2-8,19H,1H3,(H,20,21). The van der Waals surface area contributed by atoms with Gasteiger partial charge in [0.1, 0.15) is 11.6 Å². The third-order valence-corrected chi connectivity index (χ3v) is 4.30. The molecule has 1 aromatic heterocycles. The molecule has 1 amide bonds. The monoisotopic (exact) mass is 334 g/mol. The van der Waals surface area contributed by atoms with Crippen molar-refractivity contribution in [1.82, 2.24) is 5.43 Å². The number of ether oxygens (including phenoxy) is 1. The number of amides is 1. The highest BCUT2D eigenvalue weighted by Gasteiger charge is 2.11. The Kier molecular flexibility index (Phi) is 4.12. The van der Waals surface area contributed by atoms with Gasteiger partial charge < -0.3 is 4.74 Å². The van der Waals surface area contributed by atoms with E-state index in [0.717, 1.165) is 22.2 Å². The lowest BCUT2D eigenvalue weighted by molar-refractivity contribution is 0.0966. The van der Waals surface area contributed by atoms with Crippen LogP contribution in [0.3, 0.4) is 0 Å². The number of hydrogen-bond donors (Lipinski definition) is 2. The first-order chi connectivity index (χ1) is 11.1. The van der Waals surface area contributed by atoms with Gasteiger partial charge in [0.25, 0.3) is 5.91 Å². The average molecular weight is 334 g/mol.